The number of nitrogens with one attached hydrogen (secondary N) is 2. The maximum Gasteiger partial charge on any atom is 0.407 e. The second-order valence-electron chi connectivity index (χ2n) is 9.41. The Morgan fingerprint density at radius 3 is 2.30 bits per heavy atom. The average Bonchev–Trinajstić information content (AvgIpc) is 3.30. The molecule has 1 unspecified atom stereocenters. The molecule has 0 bridgehead atoms. The van der Waals surface area contributed by atoms with Gasteiger partial charge in [0.05, 0.1) is 12.0 Å². The number of ether oxygens (including phenoxy) is 2. The first-order chi connectivity index (χ1) is 19.3. The first-order valence-corrected chi connectivity index (χ1v) is 15.8. The van der Waals surface area contributed by atoms with Crippen molar-refractivity contribution in [1.82, 2.24) is 10.0 Å². The number of thioether (sulfide) groups is 1. The molecule has 1 aliphatic rings. The fourth-order valence-corrected chi connectivity index (χ4v) is 6.95. The van der Waals surface area contributed by atoms with Crippen molar-refractivity contribution in [2.24, 2.45) is 0 Å². The van der Waals surface area contributed by atoms with E-state index in [-0.39, 0.29) is 23.8 Å². The van der Waals surface area contributed by atoms with Crippen LogP contribution in [0.2, 0.25) is 0 Å². The summed E-state index contributed by atoms with van der Waals surface area (Å²) in [5.41, 5.74) is 5.58. The smallest absolute Gasteiger partial charge is 0.407 e. The van der Waals surface area contributed by atoms with Gasteiger partial charge in [0, 0.05) is 18.2 Å². The van der Waals surface area contributed by atoms with Crippen molar-refractivity contribution in [3.63, 3.8) is 0 Å². The maximum atomic E-state index is 12.7. The quantitative estimate of drug-likeness (QED) is 0.214. The molecule has 0 saturated carbocycles. The number of hydrogen-bond acceptors (Lipinski definition) is 7. The van der Waals surface area contributed by atoms with Gasteiger partial charge in [-0.15, -0.1) is 0 Å². The van der Waals surface area contributed by atoms with Crippen LogP contribution in [0, 0.1) is 0 Å². The third-order valence-corrected chi connectivity index (χ3v) is 9.33. The van der Waals surface area contributed by atoms with E-state index in [0.717, 1.165) is 17.7 Å². The molecule has 3 aromatic rings. The largest absolute Gasteiger partial charge is 0.468 e. The lowest BCUT2D eigenvalue weighted by molar-refractivity contribution is -0.142. The molecular weight excluding hydrogens is 548 g/mol. The summed E-state index contributed by atoms with van der Waals surface area (Å²) in [6.07, 6.45) is 0.589. The fraction of sp³-hybridized carbons (Fsp3) is 0.333. The summed E-state index contributed by atoms with van der Waals surface area (Å²) >= 11 is 1.64. The third-order valence-electron chi connectivity index (χ3n) is 6.75. The zero-order valence-corrected chi connectivity index (χ0v) is 24.2. The molecule has 40 heavy (non-hydrogen) atoms. The van der Waals surface area contributed by atoms with Crippen LogP contribution >= 0.6 is 11.8 Å². The molecule has 8 nitrogen and oxygen atoms in total. The van der Waals surface area contributed by atoms with Crippen molar-refractivity contribution < 1.29 is 27.5 Å². The van der Waals surface area contributed by atoms with Gasteiger partial charge in [-0.2, -0.15) is 16.5 Å². The summed E-state index contributed by atoms with van der Waals surface area (Å²) in [5.74, 6) is 0.794. The van der Waals surface area contributed by atoms with Crippen LogP contribution in [0.15, 0.2) is 77.7 Å². The molecule has 0 saturated heterocycles. The fourth-order valence-electron chi connectivity index (χ4n) is 4.70. The third kappa shape index (κ3) is 7.24. The van der Waals surface area contributed by atoms with Crippen LogP contribution in [0.5, 0.6) is 0 Å². The second kappa shape index (κ2) is 13.8. The minimum Gasteiger partial charge on any atom is -0.468 e. The molecule has 1 amide bonds. The predicted octanol–water partition coefficient (Wildman–Crippen LogP) is 5.08. The van der Waals surface area contributed by atoms with Gasteiger partial charge in [-0.3, -0.25) is 4.79 Å². The summed E-state index contributed by atoms with van der Waals surface area (Å²) in [7, 11) is -2.64. The molecule has 0 heterocycles. The summed E-state index contributed by atoms with van der Waals surface area (Å²) < 4.78 is 38.1. The first kappa shape index (κ1) is 29.6. The summed E-state index contributed by atoms with van der Waals surface area (Å²) in [6.45, 7) is 2.47. The van der Waals surface area contributed by atoms with Gasteiger partial charge in [0.15, 0.2) is 0 Å². The molecule has 1 atom stereocenters. The van der Waals surface area contributed by atoms with Gasteiger partial charge < -0.3 is 14.8 Å². The average molecular weight is 583 g/mol. The van der Waals surface area contributed by atoms with Gasteiger partial charge in [0.25, 0.3) is 0 Å². The first-order valence-electron chi connectivity index (χ1n) is 13.2. The molecule has 4 rings (SSSR count). The number of carbonyl (C=O) groups is 2. The van der Waals surface area contributed by atoms with Crippen LogP contribution < -0.4 is 10.0 Å². The van der Waals surface area contributed by atoms with Crippen molar-refractivity contribution in [2.45, 2.75) is 42.4 Å². The maximum absolute atomic E-state index is 12.7. The van der Waals surface area contributed by atoms with Gasteiger partial charge in [-0.1, -0.05) is 67.6 Å². The molecule has 10 heteroatoms. The normalized spacial score (nSPS) is 13.2. The zero-order valence-electron chi connectivity index (χ0n) is 22.6. The number of fused-ring (bicyclic) bond motifs is 3. The molecule has 0 fully saturated rings. The van der Waals surface area contributed by atoms with E-state index < -0.39 is 28.1 Å². The Hall–Kier alpha value is -3.34. The minimum atomic E-state index is -3.86. The van der Waals surface area contributed by atoms with Crippen LogP contribution in [-0.2, 0) is 30.0 Å². The molecule has 0 aliphatic heterocycles. The van der Waals surface area contributed by atoms with E-state index in [4.69, 9.17) is 4.74 Å². The Morgan fingerprint density at radius 1 is 0.975 bits per heavy atom. The Labute approximate surface area is 239 Å². The molecule has 0 aromatic heterocycles. The van der Waals surface area contributed by atoms with E-state index in [2.05, 4.69) is 39.0 Å². The SMILES string of the molecule is CCC(NS(=O)(=O)c1cccc(CSCCCNC(=O)OCC2c3ccccc3-c3ccccc32)c1)C(=O)OC. The number of methoxy groups -OCH3 is 1. The van der Waals surface area contributed by atoms with Gasteiger partial charge in [-0.25, -0.2) is 13.2 Å². The highest BCUT2D eigenvalue weighted by atomic mass is 32.2. The molecule has 0 spiro atoms. The topological polar surface area (TPSA) is 111 Å². The van der Waals surface area contributed by atoms with Crippen LogP contribution in [0.1, 0.15) is 42.4 Å². The number of alkyl carbamates (subject to hydrolysis) is 1. The zero-order chi connectivity index (χ0) is 28.5. The summed E-state index contributed by atoms with van der Waals surface area (Å²) in [5, 5.41) is 2.82. The second-order valence-corrected chi connectivity index (χ2v) is 12.2. The van der Waals surface area contributed by atoms with Crippen LogP contribution in [0.4, 0.5) is 4.79 Å². The standard InChI is InChI=1S/C30H34N2O6S2/c1-3-28(29(33)37-2)32-40(35,36)22-11-8-10-21(18-22)20-39-17-9-16-31-30(34)38-19-27-25-14-6-4-12-23(25)24-13-5-7-15-26(24)27/h4-8,10-15,18,27-28,32H,3,9,16-17,19-20H2,1-2H3,(H,31,34). The van der Waals surface area contributed by atoms with Gasteiger partial charge in [0.2, 0.25) is 10.0 Å². The number of rotatable bonds is 13. The monoisotopic (exact) mass is 582 g/mol. The number of hydrogen-bond donors (Lipinski definition) is 2. The van der Waals surface area contributed by atoms with Gasteiger partial charge in [-0.05, 0) is 58.5 Å². The minimum absolute atomic E-state index is 0.0248. The van der Waals surface area contributed by atoms with Gasteiger partial charge >= 0.3 is 12.1 Å². The van der Waals surface area contributed by atoms with E-state index in [1.165, 1.54) is 35.4 Å². The lowest BCUT2D eigenvalue weighted by atomic mass is 9.98. The molecular formula is C30H34N2O6S2. The Bertz CT molecular complexity index is 1400. The van der Waals surface area contributed by atoms with E-state index in [1.807, 2.05) is 30.3 Å². The van der Waals surface area contributed by atoms with E-state index in [9.17, 15) is 18.0 Å². The number of esters is 1. The number of benzene rings is 3. The van der Waals surface area contributed by atoms with Crippen molar-refractivity contribution in [3.05, 3.63) is 89.5 Å². The number of carbonyl (C=O) groups excluding carboxylic acids is 2. The van der Waals surface area contributed by atoms with Crippen LogP contribution in [-0.4, -0.2) is 52.5 Å². The lowest BCUT2D eigenvalue weighted by Gasteiger charge is -2.15. The highest BCUT2D eigenvalue weighted by Crippen LogP contribution is 2.44. The highest BCUT2D eigenvalue weighted by molar-refractivity contribution is 7.98. The predicted molar refractivity (Wildman–Crippen MR) is 157 cm³/mol. The van der Waals surface area contributed by atoms with Crippen molar-refractivity contribution in [3.8, 4) is 11.1 Å². The van der Waals surface area contributed by atoms with Crippen molar-refractivity contribution >= 4 is 33.8 Å². The van der Waals surface area contributed by atoms with E-state index in [0.29, 0.717) is 12.3 Å². The van der Waals surface area contributed by atoms with E-state index >= 15 is 0 Å². The van der Waals surface area contributed by atoms with E-state index in [1.54, 1.807) is 30.8 Å². The molecule has 2 N–H and O–H groups in total. The molecule has 212 valence electrons. The Balaban J connectivity index is 1.18. The molecule has 3 aromatic carbocycles. The Morgan fingerprint density at radius 2 is 1.65 bits per heavy atom. The van der Waals surface area contributed by atoms with Gasteiger partial charge in [0.1, 0.15) is 12.6 Å². The Kier molecular flexibility index (Phi) is 10.2. The lowest BCUT2D eigenvalue weighted by Crippen LogP contribution is -2.40. The number of amides is 1. The number of sulfonamides is 1. The van der Waals surface area contributed by atoms with Crippen molar-refractivity contribution in [1.29, 1.82) is 0 Å². The van der Waals surface area contributed by atoms with Crippen molar-refractivity contribution in [2.75, 3.05) is 26.0 Å². The summed E-state index contributed by atoms with van der Waals surface area (Å²) in [6, 6.07) is 22.2. The highest BCUT2D eigenvalue weighted by Gasteiger charge is 2.29. The van der Waals surface area contributed by atoms with Crippen LogP contribution in [0.3, 0.4) is 0 Å². The molecule has 1 aliphatic carbocycles. The van der Waals surface area contributed by atoms with Crippen LogP contribution in [0.25, 0.3) is 11.1 Å². The summed E-state index contributed by atoms with van der Waals surface area (Å²) in [4.78, 5) is 24.2. The molecule has 0 radical (unpaired) electrons.